The van der Waals surface area contributed by atoms with Gasteiger partial charge in [-0.1, -0.05) is 30.7 Å². The van der Waals surface area contributed by atoms with Crippen molar-refractivity contribution >= 4 is 34.1 Å². The second-order valence-corrected chi connectivity index (χ2v) is 6.73. The van der Waals surface area contributed by atoms with Crippen LogP contribution in [0.25, 0.3) is 10.9 Å². The predicted octanol–water partition coefficient (Wildman–Crippen LogP) is 4.51. The van der Waals surface area contributed by atoms with Crippen molar-refractivity contribution in [1.29, 1.82) is 0 Å². The van der Waals surface area contributed by atoms with E-state index in [-0.39, 0.29) is 33.8 Å². The van der Waals surface area contributed by atoms with Crippen LogP contribution >= 0.6 is 11.6 Å². The van der Waals surface area contributed by atoms with Crippen LogP contribution in [0.3, 0.4) is 0 Å². The molecule has 8 heteroatoms. The Morgan fingerprint density at radius 3 is 2.68 bits per heavy atom. The quantitative estimate of drug-likeness (QED) is 0.468. The summed E-state index contributed by atoms with van der Waals surface area (Å²) in [5.41, 5.74) is 0.744. The summed E-state index contributed by atoms with van der Waals surface area (Å²) in [4.78, 5) is 27.5. The van der Waals surface area contributed by atoms with Crippen LogP contribution in [-0.4, -0.2) is 20.9 Å². The van der Waals surface area contributed by atoms with Crippen molar-refractivity contribution in [3.63, 3.8) is 0 Å². The van der Waals surface area contributed by atoms with E-state index in [1.807, 2.05) is 6.92 Å². The van der Waals surface area contributed by atoms with Gasteiger partial charge in [0, 0.05) is 29.3 Å². The molecule has 28 heavy (non-hydrogen) atoms. The standard InChI is InChI=1S/C20H18ClN3O4/c1-2-4-17(25)23-18(12-6-8-13(21)9-7-12)15-11-16(24(27)28)14-5-3-10-22-19(14)20(15)26/h3,5-11,18,26H,2,4H2,1H3,(H,23,25)/t18-/m1/s1. The van der Waals surface area contributed by atoms with Crippen molar-refractivity contribution in [3.8, 4) is 5.75 Å². The second kappa shape index (κ2) is 8.22. The maximum absolute atomic E-state index is 12.3. The lowest BCUT2D eigenvalue weighted by Gasteiger charge is -2.21. The minimum absolute atomic E-state index is 0.107. The summed E-state index contributed by atoms with van der Waals surface area (Å²) in [6.07, 6.45) is 2.38. The molecule has 1 atom stereocenters. The summed E-state index contributed by atoms with van der Waals surface area (Å²) in [6.45, 7) is 1.87. The molecule has 1 aromatic heterocycles. The highest BCUT2D eigenvalue weighted by atomic mass is 35.5. The van der Waals surface area contributed by atoms with Gasteiger partial charge < -0.3 is 10.4 Å². The molecular weight excluding hydrogens is 382 g/mol. The monoisotopic (exact) mass is 399 g/mol. The van der Waals surface area contributed by atoms with Gasteiger partial charge in [-0.05, 0) is 36.2 Å². The number of aromatic hydroxyl groups is 1. The molecule has 0 aliphatic carbocycles. The minimum atomic E-state index is -0.790. The molecule has 1 amide bonds. The number of phenols is 1. The highest BCUT2D eigenvalue weighted by molar-refractivity contribution is 6.30. The number of nitrogens with one attached hydrogen (secondary N) is 1. The number of fused-ring (bicyclic) bond motifs is 1. The Balaban J connectivity index is 2.22. The van der Waals surface area contributed by atoms with Gasteiger partial charge in [0.15, 0.2) is 0 Å². The first-order chi connectivity index (χ1) is 13.4. The van der Waals surface area contributed by atoms with Crippen LogP contribution in [0.15, 0.2) is 48.7 Å². The lowest BCUT2D eigenvalue weighted by Crippen LogP contribution is -2.29. The fraction of sp³-hybridized carbons (Fsp3) is 0.200. The Hall–Kier alpha value is -3.19. The zero-order valence-corrected chi connectivity index (χ0v) is 15.8. The van der Waals surface area contributed by atoms with Crippen molar-refractivity contribution in [3.05, 3.63) is 74.9 Å². The topological polar surface area (TPSA) is 105 Å². The molecule has 0 aliphatic rings. The van der Waals surface area contributed by atoms with Gasteiger partial charge in [-0.15, -0.1) is 0 Å². The van der Waals surface area contributed by atoms with Crippen molar-refractivity contribution in [2.45, 2.75) is 25.8 Å². The molecule has 0 fully saturated rings. The smallest absolute Gasteiger partial charge is 0.279 e. The summed E-state index contributed by atoms with van der Waals surface area (Å²) in [6, 6.07) is 10.3. The summed E-state index contributed by atoms with van der Waals surface area (Å²) < 4.78 is 0. The van der Waals surface area contributed by atoms with E-state index in [0.29, 0.717) is 23.4 Å². The Labute approximate surface area is 166 Å². The van der Waals surface area contributed by atoms with E-state index in [4.69, 9.17) is 11.6 Å². The number of aromatic nitrogens is 1. The number of pyridine rings is 1. The van der Waals surface area contributed by atoms with Crippen LogP contribution in [0.2, 0.25) is 5.02 Å². The van der Waals surface area contributed by atoms with E-state index in [0.717, 1.165) is 0 Å². The molecule has 3 aromatic rings. The van der Waals surface area contributed by atoms with Gasteiger partial charge in [-0.25, -0.2) is 0 Å². The molecule has 3 rings (SSSR count). The molecular formula is C20H18ClN3O4. The highest BCUT2D eigenvalue weighted by Crippen LogP contribution is 2.39. The van der Waals surface area contributed by atoms with Crippen LogP contribution in [0, 0.1) is 10.1 Å². The zero-order chi connectivity index (χ0) is 20.3. The predicted molar refractivity (Wildman–Crippen MR) is 106 cm³/mol. The van der Waals surface area contributed by atoms with E-state index in [9.17, 15) is 20.0 Å². The van der Waals surface area contributed by atoms with Gasteiger partial charge in [0.1, 0.15) is 11.3 Å². The molecule has 144 valence electrons. The molecule has 0 aliphatic heterocycles. The van der Waals surface area contributed by atoms with E-state index in [1.54, 1.807) is 30.3 Å². The summed E-state index contributed by atoms with van der Waals surface area (Å²) >= 11 is 5.96. The number of carbonyl (C=O) groups excluding carboxylic acids is 1. The van der Waals surface area contributed by atoms with Crippen LogP contribution in [-0.2, 0) is 4.79 Å². The number of hydrogen-bond acceptors (Lipinski definition) is 5. The van der Waals surface area contributed by atoms with Crippen molar-refractivity contribution in [2.24, 2.45) is 0 Å². The second-order valence-electron chi connectivity index (χ2n) is 6.29. The number of rotatable bonds is 6. The maximum atomic E-state index is 12.3. The third-order valence-electron chi connectivity index (χ3n) is 4.37. The summed E-state index contributed by atoms with van der Waals surface area (Å²) in [7, 11) is 0. The van der Waals surface area contributed by atoms with E-state index < -0.39 is 11.0 Å². The van der Waals surface area contributed by atoms with Gasteiger partial charge >= 0.3 is 0 Å². The number of halogens is 1. The number of phenolic OH excluding ortho intramolecular Hbond substituents is 1. The number of benzene rings is 2. The molecule has 0 saturated heterocycles. The van der Waals surface area contributed by atoms with Crippen LogP contribution in [0.4, 0.5) is 5.69 Å². The lowest BCUT2D eigenvalue weighted by atomic mass is 9.95. The minimum Gasteiger partial charge on any atom is -0.505 e. The third kappa shape index (κ3) is 3.89. The van der Waals surface area contributed by atoms with Crippen LogP contribution in [0.1, 0.15) is 36.9 Å². The van der Waals surface area contributed by atoms with Crippen LogP contribution in [0.5, 0.6) is 5.75 Å². The first-order valence-corrected chi connectivity index (χ1v) is 9.10. The maximum Gasteiger partial charge on any atom is 0.279 e. The SMILES string of the molecule is CCCC(=O)N[C@H](c1ccc(Cl)cc1)c1cc([N+](=O)[O-])c2cccnc2c1O. The number of nitro benzene ring substituents is 1. The molecule has 0 unspecified atom stereocenters. The molecule has 0 radical (unpaired) electrons. The first kappa shape index (κ1) is 19.6. The number of amides is 1. The van der Waals surface area contributed by atoms with Crippen molar-refractivity contribution in [1.82, 2.24) is 10.3 Å². The van der Waals surface area contributed by atoms with Crippen molar-refractivity contribution < 1.29 is 14.8 Å². The molecule has 0 saturated carbocycles. The number of hydrogen-bond donors (Lipinski definition) is 2. The Morgan fingerprint density at radius 1 is 1.32 bits per heavy atom. The Morgan fingerprint density at radius 2 is 2.04 bits per heavy atom. The lowest BCUT2D eigenvalue weighted by molar-refractivity contribution is -0.383. The fourth-order valence-corrected chi connectivity index (χ4v) is 3.18. The molecule has 7 nitrogen and oxygen atoms in total. The van der Waals surface area contributed by atoms with Gasteiger partial charge in [-0.2, -0.15) is 0 Å². The first-order valence-electron chi connectivity index (χ1n) is 8.72. The largest absolute Gasteiger partial charge is 0.505 e. The number of carbonyl (C=O) groups is 1. The average molecular weight is 400 g/mol. The summed E-state index contributed by atoms with van der Waals surface area (Å²) in [5, 5.41) is 26.0. The average Bonchev–Trinajstić information content (AvgIpc) is 2.68. The highest BCUT2D eigenvalue weighted by Gasteiger charge is 2.26. The van der Waals surface area contributed by atoms with E-state index in [2.05, 4.69) is 10.3 Å². The van der Waals surface area contributed by atoms with E-state index >= 15 is 0 Å². The number of non-ortho nitro benzene ring substituents is 1. The van der Waals surface area contributed by atoms with Gasteiger partial charge in [0.2, 0.25) is 5.91 Å². The van der Waals surface area contributed by atoms with Crippen LogP contribution < -0.4 is 5.32 Å². The zero-order valence-electron chi connectivity index (χ0n) is 15.1. The molecule has 0 bridgehead atoms. The Bertz CT molecular complexity index is 1040. The normalized spacial score (nSPS) is 11.9. The van der Waals surface area contributed by atoms with Gasteiger partial charge in [-0.3, -0.25) is 19.9 Å². The number of nitrogens with zero attached hydrogens (tertiary/aromatic N) is 2. The summed E-state index contributed by atoms with van der Waals surface area (Å²) in [5.74, 6) is -0.441. The van der Waals surface area contributed by atoms with Crippen molar-refractivity contribution in [2.75, 3.05) is 0 Å². The van der Waals surface area contributed by atoms with E-state index in [1.165, 1.54) is 18.3 Å². The van der Waals surface area contributed by atoms with Gasteiger partial charge in [0.05, 0.1) is 16.4 Å². The fourth-order valence-electron chi connectivity index (χ4n) is 3.06. The Kier molecular flexibility index (Phi) is 5.75. The third-order valence-corrected chi connectivity index (χ3v) is 4.62. The van der Waals surface area contributed by atoms with Gasteiger partial charge in [0.25, 0.3) is 5.69 Å². The molecule has 2 aromatic carbocycles. The molecule has 2 N–H and O–H groups in total. The number of nitro groups is 1. The molecule has 1 heterocycles. The molecule has 0 spiro atoms.